The zero-order chi connectivity index (χ0) is 14.7. The van der Waals surface area contributed by atoms with Gasteiger partial charge in [0, 0.05) is 35.4 Å². The van der Waals surface area contributed by atoms with E-state index in [4.69, 9.17) is 11.6 Å². The molecule has 1 atom stereocenters. The largest absolute Gasteiger partial charge is 0.346 e. The highest BCUT2D eigenvalue weighted by Gasteiger charge is 2.10. The number of nitrogens with one attached hydrogen (secondary N) is 2. The van der Waals surface area contributed by atoms with Crippen LogP contribution in [-0.4, -0.2) is 9.97 Å². The van der Waals surface area contributed by atoms with Gasteiger partial charge in [-0.05, 0) is 41.8 Å². The Hall–Kier alpha value is -1.84. The maximum absolute atomic E-state index is 5.95. The Morgan fingerprint density at radius 3 is 2.81 bits per heavy atom. The molecule has 2 N–H and O–H groups in total. The molecule has 1 aromatic carbocycles. The second-order valence-corrected chi connectivity index (χ2v) is 5.54. The molecule has 0 aliphatic carbocycles. The van der Waals surface area contributed by atoms with Crippen LogP contribution in [-0.2, 0) is 6.54 Å². The summed E-state index contributed by atoms with van der Waals surface area (Å²) in [6, 6.07) is 12.4. The van der Waals surface area contributed by atoms with E-state index in [2.05, 4.69) is 40.4 Å². The molecule has 2 aromatic heterocycles. The molecular weight excluding hydrogens is 282 g/mol. The van der Waals surface area contributed by atoms with Crippen molar-refractivity contribution in [1.82, 2.24) is 15.3 Å². The van der Waals surface area contributed by atoms with Crippen LogP contribution in [0.4, 0.5) is 0 Å². The highest BCUT2D eigenvalue weighted by molar-refractivity contribution is 6.30. The van der Waals surface area contributed by atoms with Gasteiger partial charge in [0.25, 0.3) is 0 Å². The van der Waals surface area contributed by atoms with Crippen LogP contribution >= 0.6 is 11.6 Å². The summed E-state index contributed by atoms with van der Waals surface area (Å²) in [5.74, 6) is 0. The van der Waals surface area contributed by atoms with E-state index in [1.807, 2.05) is 24.4 Å². The average Bonchev–Trinajstić information content (AvgIpc) is 2.93. The second-order valence-electron chi connectivity index (χ2n) is 5.11. The fourth-order valence-electron chi connectivity index (χ4n) is 2.59. The van der Waals surface area contributed by atoms with E-state index in [1.54, 1.807) is 6.20 Å². The van der Waals surface area contributed by atoms with Gasteiger partial charge in [0.05, 0.1) is 0 Å². The van der Waals surface area contributed by atoms with Crippen molar-refractivity contribution in [3.8, 4) is 0 Å². The maximum atomic E-state index is 5.95. The first-order valence-corrected chi connectivity index (χ1v) is 7.55. The summed E-state index contributed by atoms with van der Waals surface area (Å²) in [7, 11) is 0. The van der Waals surface area contributed by atoms with Crippen molar-refractivity contribution in [1.29, 1.82) is 0 Å². The van der Waals surface area contributed by atoms with Gasteiger partial charge in [0.15, 0.2) is 0 Å². The van der Waals surface area contributed by atoms with Crippen LogP contribution in [0.5, 0.6) is 0 Å². The Morgan fingerprint density at radius 2 is 2.05 bits per heavy atom. The van der Waals surface area contributed by atoms with Crippen molar-refractivity contribution in [3.05, 3.63) is 64.9 Å². The Balaban J connectivity index is 1.74. The molecule has 1 unspecified atom stereocenters. The van der Waals surface area contributed by atoms with Crippen molar-refractivity contribution < 1.29 is 0 Å². The van der Waals surface area contributed by atoms with Crippen LogP contribution in [0.15, 0.2) is 48.8 Å². The monoisotopic (exact) mass is 299 g/mol. The fraction of sp³-hybridized carbons (Fsp3) is 0.235. The molecular formula is C17H18ClN3. The molecule has 108 valence electrons. The molecule has 3 nitrogen and oxygen atoms in total. The van der Waals surface area contributed by atoms with Gasteiger partial charge in [-0.25, -0.2) is 4.98 Å². The zero-order valence-corrected chi connectivity index (χ0v) is 12.7. The Kier molecular flexibility index (Phi) is 4.23. The molecule has 0 radical (unpaired) electrons. The lowest BCUT2D eigenvalue weighted by molar-refractivity contribution is 0.520. The topological polar surface area (TPSA) is 40.7 Å². The fourth-order valence-corrected chi connectivity index (χ4v) is 2.71. The average molecular weight is 300 g/mol. The molecule has 0 saturated carbocycles. The summed E-state index contributed by atoms with van der Waals surface area (Å²) < 4.78 is 0. The molecule has 2 heterocycles. The molecule has 0 fully saturated rings. The third-order valence-corrected chi connectivity index (χ3v) is 4.01. The van der Waals surface area contributed by atoms with Crippen molar-refractivity contribution in [2.45, 2.75) is 25.9 Å². The highest BCUT2D eigenvalue weighted by atomic mass is 35.5. The number of pyridine rings is 1. The van der Waals surface area contributed by atoms with Gasteiger partial charge in [0.1, 0.15) is 5.65 Å². The normalized spacial score (nSPS) is 12.7. The molecule has 0 spiro atoms. The van der Waals surface area contributed by atoms with Gasteiger partial charge < -0.3 is 10.3 Å². The molecule has 3 rings (SSSR count). The molecule has 21 heavy (non-hydrogen) atoms. The van der Waals surface area contributed by atoms with Crippen molar-refractivity contribution in [2.75, 3.05) is 0 Å². The van der Waals surface area contributed by atoms with Crippen LogP contribution < -0.4 is 5.32 Å². The number of nitrogens with zero attached hydrogens (tertiary/aromatic N) is 1. The van der Waals surface area contributed by atoms with Crippen molar-refractivity contribution >= 4 is 22.6 Å². The number of benzene rings is 1. The van der Waals surface area contributed by atoms with E-state index in [-0.39, 0.29) is 0 Å². The number of hydrogen-bond donors (Lipinski definition) is 2. The second kappa shape index (κ2) is 6.29. The van der Waals surface area contributed by atoms with Crippen LogP contribution in [0.25, 0.3) is 11.0 Å². The van der Waals surface area contributed by atoms with Crippen LogP contribution in [0.2, 0.25) is 5.02 Å². The van der Waals surface area contributed by atoms with E-state index >= 15 is 0 Å². The number of H-pyrrole nitrogens is 1. The maximum Gasteiger partial charge on any atom is 0.137 e. The lowest BCUT2D eigenvalue weighted by Crippen LogP contribution is -2.20. The van der Waals surface area contributed by atoms with Gasteiger partial charge >= 0.3 is 0 Å². The molecule has 0 saturated heterocycles. The summed E-state index contributed by atoms with van der Waals surface area (Å²) in [6.45, 7) is 3.00. The Bertz CT molecular complexity index is 718. The number of hydrogen-bond acceptors (Lipinski definition) is 2. The van der Waals surface area contributed by atoms with Gasteiger partial charge in [-0.1, -0.05) is 30.7 Å². The lowest BCUT2D eigenvalue weighted by atomic mass is 10.0. The first-order valence-electron chi connectivity index (χ1n) is 7.17. The molecule has 0 bridgehead atoms. The van der Waals surface area contributed by atoms with Gasteiger partial charge in [-0.2, -0.15) is 0 Å². The number of aromatic amines is 1. The Labute approximate surface area is 129 Å². The minimum absolute atomic E-state index is 0.323. The minimum atomic E-state index is 0.323. The van der Waals surface area contributed by atoms with E-state index < -0.39 is 0 Å². The molecule has 0 aliphatic heterocycles. The summed E-state index contributed by atoms with van der Waals surface area (Å²) in [4.78, 5) is 7.53. The van der Waals surface area contributed by atoms with E-state index in [0.717, 1.165) is 23.6 Å². The third-order valence-electron chi connectivity index (χ3n) is 3.76. The van der Waals surface area contributed by atoms with E-state index in [9.17, 15) is 0 Å². The number of rotatable bonds is 5. The SMILES string of the molecule is CCC(NCc1c[nH]c2ncccc12)c1ccc(Cl)cc1. The van der Waals surface area contributed by atoms with Crippen LogP contribution in [0, 0.1) is 0 Å². The minimum Gasteiger partial charge on any atom is -0.346 e. The molecule has 0 amide bonds. The smallest absolute Gasteiger partial charge is 0.137 e. The van der Waals surface area contributed by atoms with E-state index in [0.29, 0.717) is 6.04 Å². The van der Waals surface area contributed by atoms with Crippen molar-refractivity contribution in [2.24, 2.45) is 0 Å². The third kappa shape index (κ3) is 3.09. The van der Waals surface area contributed by atoms with Gasteiger partial charge in [0.2, 0.25) is 0 Å². The van der Waals surface area contributed by atoms with Gasteiger partial charge in [-0.3, -0.25) is 0 Å². The predicted molar refractivity (Wildman–Crippen MR) is 87.4 cm³/mol. The first-order chi connectivity index (χ1) is 10.3. The summed E-state index contributed by atoms with van der Waals surface area (Å²) in [5.41, 5.74) is 3.44. The number of halogens is 1. The zero-order valence-electron chi connectivity index (χ0n) is 11.9. The van der Waals surface area contributed by atoms with Crippen molar-refractivity contribution in [3.63, 3.8) is 0 Å². The standard InChI is InChI=1S/C17H18ClN3/c1-2-16(12-5-7-14(18)8-6-12)20-10-13-11-21-17-15(13)4-3-9-19-17/h3-9,11,16,20H,2,10H2,1H3,(H,19,21). The first kappa shape index (κ1) is 14.1. The van der Waals surface area contributed by atoms with Crippen LogP contribution in [0.1, 0.15) is 30.5 Å². The summed E-state index contributed by atoms with van der Waals surface area (Å²) in [5, 5.41) is 5.56. The van der Waals surface area contributed by atoms with E-state index in [1.165, 1.54) is 16.5 Å². The van der Waals surface area contributed by atoms with Crippen LogP contribution in [0.3, 0.4) is 0 Å². The van der Waals surface area contributed by atoms with Gasteiger partial charge in [-0.15, -0.1) is 0 Å². The lowest BCUT2D eigenvalue weighted by Gasteiger charge is -2.17. The molecule has 0 aliphatic rings. The predicted octanol–water partition coefficient (Wildman–Crippen LogP) is 4.46. The quantitative estimate of drug-likeness (QED) is 0.730. The molecule has 4 heteroatoms. The number of aromatic nitrogens is 2. The summed E-state index contributed by atoms with van der Waals surface area (Å²) >= 11 is 5.95. The highest BCUT2D eigenvalue weighted by Crippen LogP contribution is 2.21. The number of fused-ring (bicyclic) bond motifs is 1. The Morgan fingerprint density at radius 1 is 1.24 bits per heavy atom. The molecule has 3 aromatic rings. The summed E-state index contributed by atoms with van der Waals surface area (Å²) in [6.07, 6.45) is 4.86.